The summed E-state index contributed by atoms with van der Waals surface area (Å²) in [6.45, 7) is 5.84. The molecule has 0 bridgehead atoms. The van der Waals surface area contributed by atoms with Crippen LogP contribution in [0.15, 0.2) is 0 Å². The lowest BCUT2D eigenvalue weighted by Gasteiger charge is -2.19. The number of hydrogen-bond donors (Lipinski definition) is 3. The van der Waals surface area contributed by atoms with Gasteiger partial charge in [-0.15, -0.1) is 0 Å². The van der Waals surface area contributed by atoms with E-state index >= 15 is 0 Å². The van der Waals surface area contributed by atoms with E-state index in [1.165, 1.54) is 0 Å². The lowest BCUT2D eigenvalue weighted by atomic mass is 10.0. The maximum atomic E-state index is 10.3. The number of rotatable bonds is 3. The first kappa shape index (κ1) is 10.3. The van der Waals surface area contributed by atoms with Crippen LogP contribution in [0.5, 0.6) is 0 Å². The minimum absolute atomic E-state index is 0.174. The van der Waals surface area contributed by atoms with Crippen LogP contribution in [-0.4, -0.2) is 28.5 Å². The second-order valence-electron chi connectivity index (χ2n) is 4.53. The average Bonchev–Trinajstić information content (AvgIpc) is 2.57. The summed E-state index contributed by atoms with van der Waals surface area (Å²) in [5, 5.41) is 20.4. The summed E-state index contributed by atoms with van der Waals surface area (Å²) >= 11 is 0. The van der Waals surface area contributed by atoms with Gasteiger partial charge in [0.1, 0.15) is 0 Å². The zero-order valence-electron chi connectivity index (χ0n) is 8.24. The normalized spacial score (nSPS) is 29.1. The SMILES string of the molecule is C[C@H](NC(=O)O)C(O)C1CC1(C)C. The van der Waals surface area contributed by atoms with E-state index in [0.29, 0.717) is 0 Å². The Morgan fingerprint density at radius 3 is 2.38 bits per heavy atom. The molecule has 1 aliphatic rings. The molecular weight excluding hydrogens is 170 g/mol. The summed E-state index contributed by atoms with van der Waals surface area (Å²) in [4.78, 5) is 10.3. The predicted octanol–water partition coefficient (Wildman–Crippen LogP) is 1.05. The summed E-state index contributed by atoms with van der Waals surface area (Å²) in [7, 11) is 0. The summed E-state index contributed by atoms with van der Waals surface area (Å²) in [6.07, 6.45) is -0.670. The van der Waals surface area contributed by atoms with Crippen LogP contribution in [0.2, 0.25) is 0 Å². The van der Waals surface area contributed by atoms with Crippen molar-refractivity contribution in [3.05, 3.63) is 0 Å². The van der Waals surface area contributed by atoms with E-state index in [4.69, 9.17) is 5.11 Å². The Kier molecular flexibility index (Phi) is 2.52. The number of amides is 1. The Bertz CT molecular complexity index is 215. The Balaban J connectivity index is 2.40. The van der Waals surface area contributed by atoms with Crippen molar-refractivity contribution in [2.45, 2.75) is 39.3 Å². The van der Waals surface area contributed by atoms with Gasteiger partial charge in [0.25, 0.3) is 0 Å². The van der Waals surface area contributed by atoms with Crippen LogP contribution in [-0.2, 0) is 0 Å². The molecule has 0 aromatic carbocycles. The number of aliphatic hydroxyl groups excluding tert-OH is 1. The fraction of sp³-hybridized carbons (Fsp3) is 0.889. The molecular formula is C9H17NO3. The van der Waals surface area contributed by atoms with Crippen molar-refractivity contribution >= 4 is 6.09 Å². The molecule has 0 radical (unpaired) electrons. The van der Waals surface area contributed by atoms with E-state index in [-0.39, 0.29) is 17.4 Å². The van der Waals surface area contributed by atoms with E-state index < -0.39 is 12.2 Å². The number of carboxylic acid groups (broad SMARTS) is 1. The molecule has 1 saturated carbocycles. The number of aliphatic hydroxyl groups is 1. The van der Waals surface area contributed by atoms with Crippen LogP contribution in [0.1, 0.15) is 27.2 Å². The molecule has 0 heterocycles. The van der Waals surface area contributed by atoms with Gasteiger partial charge in [-0.3, -0.25) is 0 Å². The molecule has 3 N–H and O–H groups in total. The summed E-state index contributed by atoms with van der Waals surface area (Å²) in [5.74, 6) is 0.231. The smallest absolute Gasteiger partial charge is 0.404 e. The number of nitrogens with one attached hydrogen (secondary N) is 1. The molecule has 2 unspecified atom stereocenters. The first-order valence-electron chi connectivity index (χ1n) is 4.52. The Hall–Kier alpha value is -0.770. The van der Waals surface area contributed by atoms with Crippen LogP contribution in [0.25, 0.3) is 0 Å². The van der Waals surface area contributed by atoms with Gasteiger partial charge >= 0.3 is 6.09 Å². The number of carbonyl (C=O) groups is 1. The van der Waals surface area contributed by atoms with Crippen LogP contribution in [0.3, 0.4) is 0 Å². The van der Waals surface area contributed by atoms with Crippen molar-refractivity contribution in [3.8, 4) is 0 Å². The molecule has 1 amide bonds. The van der Waals surface area contributed by atoms with Crippen molar-refractivity contribution in [2.24, 2.45) is 11.3 Å². The first-order chi connectivity index (χ1) is 5.84. The lowest BCUT2D eigenvalue weighted by Crippen LogP contribution is -2.42. The van der Waals surface area contributed by atoms with Crippen molar-refractivity contribution in [2.75, 3.05) is 0 Å². The van der Waals surface area contributed by atoms with E-state index in [9.17, 15) is 9.90 Å². The maximum Gasteiger partial charge on any atom is 0.404 e. The van der Waals surface area contributed by atoms with E-state index in [1.807, 2.05) is 0 Å². The van der Waals surface area contributed by atoms with E-state index in [2.05, 4.69) is 19.2 Å². The maximum absolute atomic E-state index is 10.3. The highest BCUT2D eigenvalue weighted by atomic mass is 16.4. The second kappa shape index (κ2) is 3.18. The third-order valence-electron chi connectivity index (χ3n) is 2.87. The van der Waals surface area contributed by atoms with Gasteiger partial charge in [0.15, 0.2) is 0 Å². The van der Waals surface area contributed by atoms with Crippen LogP contribution >= 0.6 is 0 Å². The van der Waals surface area contributed by atoms with Gasteiger partial charge in [-0.05, 0) is 24.7 Å². The monoisotopic (exact) mass is 187 g/mol. The van der Waals surface area contributed by atoms with Crippen molar-refractivity contribution in [3.63, 3.8) is 0 Å². The topological polar surface area (TPSA) is 69.6 Å². The van der Waals surface area contributed by atoms with Gasteiger partial charge in [-0.1, -0.05) is 13.8 Å². The quantitative estimate of drug-likeness (QED) is 0.618. The minimum Gasteiger partial charge on any atom is -0.465 e. The van der Waals surface area contributed by atoms with E-state index in [0.717, 1.165) is 6.42 Å². The fourth-order valence-electron chi connectivity index (χ4n) is 1.72. The highest BCUT2D eigenvalue weighted by Crippen LogP contribution is 2.54. The van der Waals surface area contributed by atoms with Gasteiger partial charge < -0.3 is 15.5 Å². The molecule has 1 rings (SSSR count). The molecule has 76 valence electrons. The molecule has 0 aromatic heterocycles. The zero-order chi connectivity index (χ0) is 10.2. The molecule has 0 aliphatic heterocycles. The Morgan fingerprint density at radius 1 is 1.62 bits per heavy atom. The minimum atomic E-state index is -1.08. The van der Waals surface area contributed by atoms with Gasteiger partial charge in [0, 0.05) is 0 Å². The average molecular weight is 187 g/mol. The molecule has 4 nitrogen and oxygen atoms in total. The van der Waals surface area contributed by atoms with Crippen molar-refractivity contribution in [1.82, 2.24) is 5.32 Å². The third kappa shape index (κ3) is 2.34. The fourth-order valence-corrected chi connectivity index (χ4v) is 1.72. The molecule has 0 spiro atoms. The highest BCUT2D eigenvalue weighted by molar-refractivity contribution is 5.64. The van der Waals surface area contributed by atoms with Gasteiger partial charge in [-0.25, -0.2) is 4.79 Å². The molecule has 1 aliphatic carbocycles. The largest absolute Gasteiger partial charge is 0.465 e. The number of hydrogen-bond acceptors (Lipinski definition) is 2. The highest BCUT2D eigenvalue weighted by Gasteiger charge is 2.51. The molecule has 3 atom stereocenters. The Morgan fingerprint density at radius 2 is 2.08 bits per heavy atom. The Labute approximate surface area is 78.0 Å². The second-order valence-corrected chi connectivity index (χ2v) is 4.53. The molecule has 0 saturated heterocycles. The first-order valence-corrected chi connectivity index (χ1v) is 4.52. The third-order valence-corrected chi connectivity index (χ3v) is 2.87. The summed E-state index contributed by atoms with van der Waals surface area (Å²) in [6, 6.07) is -0.385. The summed E-state index contributed by atoms with van der Waals surface area (Å²) < 4.78 is 0. The van der Waals surface area contributed by atoms with Gasteiger partial charge in [0.05, 0.1) is 12.1 Å². The van der Waals surface area contributed by atoms with Gasteiger partial charge in [0.2, 0.25) is 0 Å². The molecule has 13 heavy (non-hydrogen) atoms. The van der Waals surface area contributed by atoms with Crippen molar-refractivity contribution < 1.29 is 15.0 Å². The molecule has 4 heteroatoms. The zero-order valence-corrected chi connectivity index (χ0v) is 8.24. The van der Waals surface area contributed by atoms with Crippen LogP contribution in [0, 0.1) is 11.3 Å². The van der Waals surface area contributed by atoms with Crippen molar-refractivity contribution in [1.29, 1.82) is 0 Å². The van der Waals surface area contributed by atoms with E-state index in [1.54, 1.807) is 6.92 Å². The van der Waals surface area contributed by atoms with Crippen LogP contribution in [0.4, 0.5) is 4.79 Å². The van der Waals surface area contributed by atoms with Gasteiger partial charge in [-0.2, -0.15) is 0 Å². The lowest BCUT2D eigenvalue weighted by molar-refractivity contribution is 0.0968. The molecule has 1 fully saturated rings. The standard InChI is InChI=1S/C9H17NO3/c1-5(10-8(12)13)7(11)6-4-9(6,2)3/h5-7,10-11H,4H2,1-3H3,(H,12,13)/t5-,6?,7?/m0/s1. The summed E-state index contributed by atoms with van der Waals surface area (Å²) in [5.41, 5.74) is 0.174. The van der Waals surface area contributed by atoms with Crippen LogP contribution < -0.4 is 5.32 Å². The molecule has 0 aromatic rings. The predicted molar refractivity (Wildman–Crippen MR) is 48.5 cm³/mol.